The van der Waals surface area contributed by atoms with Gasteiger partial charge in [0.15, 0.2) is 5.65 Å². The van der Waals surface area contributed by atoms with E-state index in [0.717, 1.165) is 16.5 Å². The summed E-state index contributed by atoms with van der Waals surface area (Å²) < 4.78 is 7.62. The number of pyridine rings is 1. The van der Waals surface area contributed by atoms with Crippen LogP contribution in [0.3, 0.4) is 0 Å². The smallest absolute Gasteiger partial charge is 0.351 e. The molecule has 0 aliphatic rings. The van der Waals surface area contributed by atoms with Crippen LogP contribution in [0, 0.1) is 6.92 Å². The van der Waals surface area contributed by atoms with E-state index in [-0.39, 0.29) is 18.1 Å². The van der Waals surface area contributed by atoms with E-state index in [9.17, 15) is 9.59 Å². The predicted molar refractivity (Wildman–Crippen MR) is 86.6 cm³/mol. The molecule has 0 radical (unpaired) electrons. The molecule has 0 unspecified atom stereocenters. The van der Waals surface area contributed by atoms with Crippen LogP contribution in [-0.2, 0) is 16.1 Å². The summed E-state index contributed by atoms with van der Waals surface area (Å²) in [6.07, 6.45) is 0. The van der Waals surface area contributed by atoms with Gasteiger partial charge in [0.05, 0.1) is 12.1 Å². The minimum Gasteiger partial charge on any atom is -0.383 e. The lowest BCUT2D eigenvalue weighted by Crippen LogP contribution is -2.34. The Kier molecular flexibility index (Phi) is 4.12. The van der Waals surface area contributed by atoms with Gasteiger partial charge < -0.3 is 10.1 Å². The average molecular weight is 314 g/mol. The second kappa shape index (κ2) is 6.21. The number of hydrogen-bond donors (Lipinski definition) is 1. The van der Waals surface area contributed by atoms with Gasteiger partial charge in [0, 0.05) is 13.7 Å². The number of rotatable bonds is 5. The molecule has 2 aromatic heterocycles. The third-order valence-electron chi connectivity index (χ3n) is 3.66. The Morgan fingerprint density at radius 3 is 2.91 bits per heavy atom. The maximum absolute atomic E-state index is 12.6. The van der Waals surface area contributed by atoms with E-state index in [1.165, 1.54) is 4.68 Å². The number of hydrogen-bond acceptors (Lipinski definition) is 4. The number of aryl methyl sites for hydroxylation is 1. The molecule has 0 aliphatic heterocycles. The van der Waals surface area contributed by atoms with Crippen LogP contribution in [0.4, 0.5) is 0 Å². The molecule has 0 aliphatic carbocycles. The Morgan fingerprint density at radius 2 is 2.13 bits per heavy atom. The molecule has 2 heterocycles. The number of carbonyl (C=O) groups is 1. The van der Waals surface area contributed by atoms with Gasteiger partial charge in [-0.05, 0) is 30.0 Å². The number of nitrogens with one attached hydrogen (secondary N) is 1. The lowest BCUT2D eigenvalue weighted by atomic mass is 10.1. The molecule has 1 N–H and O–H groups in total. The van der Waals surface area contributed by atoms with Crippen molar-refractivity contribution in [2.24, 2.45) is 0 Å². The van der Waals surface area contributed by atoms with Crippen LogP contribution in [0.1, 0.15) is 5.56 Å². The molecule has 1 amide bonds. The molecular formula is C16H18N4O3. The number of para-hydroxylation sites is 1. The maximum Gasteiger partial charge on any atom is 0.351 e. The second-order valence-electron chi connectivity index (χ2n) is 5.33. The Morgan fingerprint density at radius 1 is 1.35 bits per heavy atom. The zero-order valence-electron chi connectivity index (χ0n) is 13.1. The zero-order chi connectivity index (χ0) is 16.4. The van der Waals surface area contributed by atoms with Crippen molar-refractivity contribution in [2.45, 2.75) is 13.5 Å². The van der Waals surface area contributed by atoms with Gasteiger partial charge in [-0.1, -0.05) is 18.2 Å². The van der Waals surface area contributed by atoms with Crippen molar-refractivity contribution in [3.63, 3.8) is 0 Å². The summed E-state index contributed by atoms with van der Waals surface area (Å²) in [6, 6.07) is 9.60. The van der Waals surface area contributed by atoms with Crippen LogP contribution in [-0.4, -0.2) is 40.3 Å². The van der Waals surface area contributed by atoms with Gasteiger partial charge in [-0.2, -0.15) is 0 Å². The first-order chi connectivity index (χ1) is 11.1. The van der Waals surface area contributed by atoms with Crippen molar-refractivity contribution >= 4 is 22.5 Å². The van der Waals surface area contributed by atoms with Gasteiger partial charge in [0.1, 0.15) is 6.54 Å². The van der Waals surface area contributed by atoms with Crippen molar-refractivity contribution in [3.8, 4) is 0 Å². The zero-order valence-corrected chi connectivity index (χ0v) is 13.1. The Bertz CT molecular complexity index is 926. The van der Waals surface area contributed by atoms with Crippen molar-refractivity contribution in [2.75, 3.05) is 20.3 Å². The molecule has 0 spiro atoms. The van der Waals surface area contributed by atoms with E-state index in [4.69, 9.17) is 4.74 Å². The molecule has 0 bridgehead atoms. The molecule has 7 heteroatoms. The number of methoxy groups -OCH3 is 1. The van der Waals surface area contributed by atoms with Crippen molar-refractivity contribution in [1.29, 1.82) is 0 Å². The molecule has 23 heavy (non-hydrogen) atoms. The highest BCUT2D eigenvalue weighted by atomic mass is 16.5. The number of benzene rings is 1. The summed E-state index contributed by atoms with van der Waals surface area (Å²) in [7, 11) is 1.56. The topological polar surface area (TPSA) is 77.6 Å². The Labute approximate surface area is 132 Å². The fraction of sp³-hybridized carbons (Fsp3) is 0.312. The summed E-state index contributed by atoms with van der Waals surface area (Å²) in [5, 5.41) is 7.95. The number of amides is 1. The minimum atomic E-state index is -0.318. The normalized spacial score (nSPS) is 11.2. The molecule has 120 valence electrons. The largest absolute Gasteiger partial charge is 0.383 e. The first-order valence-corrected chi connectivity index (χ1v) is 7.35. The molecule has 7 nitrogen and oxygen atoms in total. The summed E-state index contributed by atoms with van der Waals surface area (Å²) in [6.45, 7) is 2.62. The van der Waals surface area contributed by atoms with Gasteiger partial charge in [-0.3, -0.25) is 4.79 Å². The van der Waals surface area contributed by atoms with Crippen LogP contribution in [0.2, 0.25) is 0 Å². The van der Waals surface area contributed by atoms with Crippen LogP contribution < -0.4 is 11.0 Å². The summed E-state index contributed by atoms with van der Waals surface area (Å²) >= 11 is 0. The minimum absolute atomic E-state index is 0.113. The predicted octanol–water partition coefficient (Wildman–Crippen LogP) is 0.720. The van der Waals surface area contributed by atoms with E-state index < -0.39 is 0 Å². The first kappa shape index (κ1) is 15.2. The quantitative estimate of drug-likeness (QED) is 0.704. The van der Waals surface area contributed by atoms with Crippen LogP contribution >= 0.6 is 0 Å². The number of fused-ring (bicyclic) bond motifs is 3. The highest BCUT2D eigenvalue weighted by molar-refractivity contribution is 5.83. The fourth-order valence-corrected chi connectivity index (χ4v) is 2.58. The van der Waals surface area contributed by atoms with Crippen molar-refractivity contribution < 1.29 is 9.53 Å². The average Bonchev–Trinajstić information content (AvgIpc) is 2.86. The number of nitrogens with zero attached hydrogens (tertiary/aromatic N) is 3. The molecule has 3 aromatic rings. The highest BCUT2D eigenvalue weighted by Gasteiger charge is 2.14. The molecule has 0 fully saturated rings. The van der Waals surface area contributed by atoms with E-state index in [0.29, 0.717) is 18.8 Å². The summed E-state index contributed by atoms with van der Waals surface area (Å²) in [5.41, 5.74) is 1.92. The first-order valence-electron chi connectivity index (χ1n) is 7.35. The number of ether oxygens (including phenoxy) is 1. The molecular weight excluding hydrogens is 296 g/mol. The van der Waals surface area contributed by atoms with Crippen molar-refractivity contribution in [3.05, 3.63) is 46.4 Å². The van der Waals surface area contributed by atoms with E-state index in [1.54, 1.807) is 11.5 Å². The van der Waals surface area contributed by atoms with Crippen LogP contribution in [0.25, 0.3) is 16.6 Å². The molecule has 0 saturated heterocycles. The standard InChI is InChI=1S/C16H18N4O3/c1-11-9-12-5-3-4-6-13(12)20-15(11)18-19(16(20)22)10-14(21)17-7-8-23-2/h3-6,9H,7-8,10H2,1-2H3,(H,17,21). The van der Waals surface area contributed by atoms with Crippen LogP contribution in [0.15, 0.2) is 35.1 Å². The van der Waals surface area contributed by atoms with Crippen LogP contribution in [0.5, 0.6) is 0 Å². The fourth-order valence-electron chi connectivity index (χ4n) is 2.58. The van der Waals surface area contributed by atoms with Gasteiger partial charge >= 0.3 is 5.69 Å². The van der Waals surface area contributed by atoms with E-state index >= 15 is 0 Å². The molecule has 1 aromatic carbocycles. The van der Waals surface area contributed by atoms with Crippen molar-refractivity contribution in [1.82, 2.24) is 19.5 Å². The lowest BCUT2D eigenvalue weighted by Gasteiger charge is -2.03. The van der Waals surface area contributed by atoms with Gasteiger partial charge in [-0.15, -0.1) is 5.10 Å². The third kappa shape index (κ3) is 2.83. The van der Waals surface area contributed by atoms with Gasteiger partial charge in [0.25, 0.3) is 0 Å². The van der Waals surface area contributed by atoms with Gasteiger partial charge in [-0.25, -0.2) is 13.9 Å². The second-order valence-corrected chi connectivity index (χ2v) is 5.33. The van der Waals surface area contributed by atoms with E-state index in [1.807, 2.05) is 37.3 Å². The number of carbonyl (C=O) groups excluding carboxylic acids is 1. The summed E-state index contributed by atoms with van der Waals surface area (Å²) in [4.78, 5) is 24.5. The maximum atomic E-state index is 12.6. The monoisotopic (exact) mass is 314 g/mol. The Hall–Kier alpha value is -2.67. The lowest BCUT2D eigenvalue weighted by molar-refractivity contribution is -0.122. The Balaban J connectivity index is 2.02. The summed E-state index contributed by atoms with van der Waals surface area (Å²) in [5.74, 6) is -0.269. The van der Waals surface area contributed by atoms with E-state index in [2.05, 4.69) is 10.4 Å². The number of aromatic nitrogens is 3. The SMILES string of the molecule is COCCNC(=O)Cn1nc2c(C)cc3ccccc3n2c1=O. The molecule has 3 rings (SSSR count). The van der Waals surface area contributed by atoms with Gasteiger partial charge in [0.2, 0.25) is 5.91 Å². The third-order valence-corrected chi connectivity index (χ3v) is 3.66. The molecule has 0 saturated carbocycles. The highest BCUT2D eigenvalue weighted by Crippen LogP contribution is 2.17. The molecule has 0 atom stereocenters.